The normalized spacial score (nSPS) is 10.4. The molecule has 1 heterocycles. The second kappa shape index (κ2) is 5.92. The Morgan fingerprint density at radius 1 is 1.25 bits per heavy atom. The highest BCUT2D eigenvalue weighted by atomic mass is 35.5. The maximum Gasteiger partial charge on any atom is 0.254 e. The molecule has 0 fully saturated rings. The van der Waals surface area contributed by atoms with Crippen LogP contribution in [-0.2, 0) is 6.54 Å². The van der Waals surface area contributed by atoms with E-state index in [4.69, 9.17) is 11.6 Å². The minimum Gasteiger partial charge on any atom is -0.348 e. The van der Waals surface area contributed by atoms with Crippen LogP contribution in [-0.4, -0.2) is 10.9 Å². The summed E-state index contributed by atoms with van der Waals surface area (Å²) < 4.78 is 39.1. The zero-order valence-corrected chi connectivity index (χ0v) is 10.7. The first kappa shape index (κ1) is 14.3. The highest BCUT2D eigenvalue weighted by Gasteiger charge is 2.15. The standard InChI is InChI=1S/C13H8ClF3N2O/c14-9-5-7(1-2-10(9)15)6-19-13(20)8-3-4-18-12(17)11(8)16/h1-5H,6H2,(H,19,20). The number of pyridine rings is 1. The summed E-state index contributed by atoms with van der Waals surface area (Å²) in [5.41, 5.74) is 0.0744. The highest BCUT2D eigenvalue weighted by Crippen LogP contribution is 2.16. The van der Waals surface area contributed by atoms with Crippen LogP contribution in [0.2, 0.25) is 5.02 Å². The fourth-order valence-corrected chi connectivity index (χ4v) is 1.72. The Balaban J connectivity index is 2.08. The molecule has 0 spiro atoms. The number of nitrogens with zero attached hydrogens (tertiary/aromatic N) is 1. The van der Waals surface area contributed by atoms with Gasteiger partial charge in [0.15, 0.2) is 5.82 Å². The molecule has 1 N–H and O–H groups in total. The van der Waals surface area contributed by atoms with Crippen LogP contribution in [0, 0.1) is 17.6 Å². The van der Waals surface area contributed by atoms with Gasteiger partial charge >= 0.3 is 0 Å². The zero-order chi connectivity index (χ0) is 14.7. The first-order valence-corrected chi connectivity index (χ1v) is 5.89. The number of rotatable bonds is 3. The monoisotopic (exact) mass is 300 g/mol. The lowest BCUT2D eigenvalue weighted by Gasteiger charge is -2.07. The maximum absolute atomic E-state index is 13.3. The molecule has 20 heavy (non-hydrogen) atoms. The number of hydrogen-bond donors (Lipinski definition) is 1. The van der Waals surface area contributed by atoms with Crippen LogP contribution in [0.5, 0.6) is 0 Å². The zero-order valence-electron chi connectivity index (χ0n) is 9.96. The van der Waals surface area contributed by atoms with Crippen LogP contribution in [0.1, 0.15) is 15.9 Å². The van der Waals surface area contributed by atoms with Crippen LogP contribution >= 0.6 is 11.6 Å². The Morgan fingerprint density at radius 2 is 2.00 bits per heavy atom. The quantitative estimate of drug-likeness (QED) is 0.885. The van der Waals surface area contributed by atoms with Crippen molar-refractivity contribution in [2.45, 2.75) is 6.54 Å². The summed E-state index contributed by atoms with van der Waals surface area (Å²) >= 11 is 5.59. The Labute approximate surface area is 117 Å². The summed E-state index contributed by atoms with van der Waals surface area (Å²) in [6.07, 6.45) is 0.988. The van der Waals surface area contributed by atoms with E-state index in [-0.39, 0.29) is 11.6 Å². The second-order valence-corrected chi connectivity index (χ2v) is 4.30. The number of carbonyl (C=O) groups excluding carboxylic acids is 1. The van der Waals surface area contributed by atoms with Gasteiger partial charge in [0, 0.05) is 12.7 Å². The molecule has 0 saturated heterocycles. The Hall–Kier alpha value is -2.08. The maximum atomic E-state index is 13.3. The lowest BCUT2D eigenvalue weighted by molar-refractivity contribution is 0.0945. The highest BCUT2D eigenvalue weighted by molar-refractivity contribution is 6.30. The molecule has 0 aliphatic heterocycles. The Bertz CT molecular complexity index is 664. The third-order valence-corrected chi connectivity index (χ3v) is 2.82. The molecule has 0 aliphatic carbocycles. The van der Waals surface area contributed by atoms with Gasteiger partial charge in [0.05, 0.1) is 10.6 Å². The van der Waals surface area contributed by atoms with Crippen LogP contribution < -0.4 is 5.32 Å². The van der Waals surface area contributed by atoms with Gasteiger partial charge in [-0.2, -0.15) is 4.39 Å². The van der Waals surface area contributed by atoms with Crippen molar-refractivity contribution in [2.75, 3.05) is 0 Å². The lowest BCUT2D eigenvalue weighted by Crippen LogP contribution is -2.24. The molecule has 0 bridgehead atoms. The summed E-state index contributed by atoms with van der Waals surface area (Å²) in [7, 11) is 0. The fourth-order valence-electron chi connectivity index (χ4n) is 1.52. The molecule has 7 heteroatoms. The van der Waals surface area contributed by atoms with E-state index < -0.39 is 29.1 Å². The number of carbonyl (C=O) groups is 1. The second-order valence-electron chi connectivity index (χ2n) is 3.89. The molecule has 104 valence electrons. The Kier molecular flexibility index (Phi) is 4.24. The van der Waals surface area contributed by atoms with Crippen molar-refractivity contribution in [3.05, 3.63) is 64.2 Å². The average Bonchev–Trinajstić information content (AvgIpc) is 2.43. The average molecular weight is 301 g/mol. The molecule has 1 amide bonds. The topological polar surface area (TPSA) is 42.0 Å². The summed E-state index contributed by atoms with van der Waals surface area (Å²) in [5.74, 6) is -4.04. The van der Waals surface area contributed by atoms with Crippen LogP contribution in [0.3, 0.4) is 0 Å². The third-order valence-electron chi connectivity index (χ3n) is 2.53. The predicted molar refractivity (Wildman–Crippen MR) is 66.7 cm³/mol. The number of aromatic nitrogens is 1. The SMILES string of the molecule is O=C(NCc1ccc(F)c(Cl)c1)c1ccnc(F)c1F. The third kappa shape index (κ3) is 3.08. The van der Waals surface area contributed by atoms with Crippen molar-refractivity contribution in [1.82, 2.24) is 10.3 Å². The summed E-state index contributed by atoms with van der Waals surface area (Å²) in [4.78, 5) is 14.8. The van der Waals surface area contributed by atoms with Gasteiger partial charge in [-0.15, -0.1) is 0 Å². The minimum absolute atomic E-state index is 0.00220. The lowest BCUT2D eigenvalue weighted by atomic mass is 10.2. The summed E-state index contributed by atoms with van der Waals surface area (Å²) in [6, 6.07) is 4.97. The molecule has 0 saturated carbocycles. The van der Waals surface area contributed by atoms with Gasteiger partial charge in [-0.1, -0.05) is 17.7 Å². The van der Waals surface area contributed by atoms with Gasteiger partial charge in [0.25, 0.3) is 5.91 Å². The smallest absolute Gasteiger partial charge is 0.254 e. The van der Waals surface area contributed by atoms with Crippen LogP contribution in [0.15, 0.2) is 30.5 Å². The minimum atomic E-state index is -1.34. The van der Waals surface area contributed by atoms with E-state index in [1.165, 1.54) is 12.1 Å². The van der Waals surface area contributed by atoms with Crippen molar-refractivity contribution >= 4 is 17.5 Å². The first-order valence-electron chi connectivity index (χ1n) is 5.51. The molecule has 1 aromatic heterocycles. The molecule has 0 atom stereocenters. The largest absolute Gasteiger partial charge is 0.348 e. The van der Waals surface area contributed by atoms with E-state index >= 15 is 0 Å². The molecule has 2 aromatic rings. The van der Waals surface area contributed by atoms with E-state index in [0.29, 0.717) is 5.56 Å². The van der Waals surface area contributed by atoms with Gasteiger partial charge in [0.1, 0.15) is 5.82 Å². The Morgan fingerprint density at radius 3 is 2.70 bits per heavy atom. The molecule has 0 radical (unpaired) electrons. The van der Waals surface area contributed by atoms with Gasteiger partial charge < -0.3 is 5.32 Å². The number of halogens is 4. The number of amides is 1. The van der Waals surface area contributed by atoms with Gasteiger partial charge in [0.2, 0.25) is 5.95 Å². The van der Waals surface area contributed by atoms with E-state index in [2.05, 4.69) is 10.3 Å². The van der Waals surface area contributed by atoms with Crippen molar-refractivity contribution in [3.8, 4) is 0 Å². The van der Waals surface area contributed by atoms with E-state index in [1.54, 1.807) is 0 Å². The summed E-state index contributed by atoms with van der Waals surface area (Å²) in [6.45, 7) is 0.00220. The first-order chi connectivity index (χ1) is 9.49. The molecule has 0 aliphatic rings. The van der Waals surface area contributed by atoms with E-state index in [9.17, 15) is 18.0 Å². The number of nitrogens with one attached hydrogen (secondary N) is 1. The number of hydrogen-bond acceptors (Lipinski definition) is 2. The summed E-state index contributed by atoms with van der Waals surface area (Å²) in [5, 5.41) is 2.29. The van der Waals surface area contributed by atoms with Crippen molar-refractivity contribution in [3.63, 3.8) is 0 Å². The van der Waals surface area contributed by atoms with Crippen LogP contribution in [0.25, 0.3) is 0 Å². The number of benzene rings is 1. The van der Waals surface area contributed by atoms with Gasteiger partial charge in [-0.3, -0.25) is 4.79 Å². The van der Waals surface area contributed by atoms with Crippen molar-refractivity contribution < 1.29 is 18.0 Å². The molecular formula is C13H8ClF3N2O. The predicted octanol–water partition coefficient (Wildman–Crippen LogP) is 3.08. The molecule has 2 rings (SSSR count). The van der Waals surface area contributed by atoms with Crippen molar-refractivity contribution in [1.29, 1.82) is 0 Å². The van der Waals surface area contributed by atoms with Gasteiger partial charge in [-0.25, -0.2) is 13.8 Å². The van der Waals surface area contributed by atoms with Crippen molar-refractivity contribution in [2.24, 2.45) is 0 Å². The van der Waals surface area contributed by atoms with Gasteiger partial charge in [-0.05, 0) is 23.8 Å². The molecular weight excluding hydrogens is 293 g/mol. The van der Waals surface area contributed by atoms with Crippen LogP contribution in [0.4, 0.5) is 13.2 Å². The molecule has 1 aromatic carbocycles. The molecule has 0 unspecified atom stereocenters. The van der Waals surface area contributed by atoms with E-state index in [0.717, 1.165) is 18.3 Å². The van der Waals surface area contributed by atoms with E-state index in [1.807, 2.05) is 0 Å². The molecule has 3 nitrogen and oxygen atoms in total. The fraction of sp³-hybridized carbons (Fsp3) is 0.0769.